The second-order valence-corrected chi connectivity index (χ2v) is 5.08. The highest BCUT2D eigenvalue weighted by molar-refractivity contribution is 6.10. The van der Waals surface area contributed by atoms with Gasteiger partial charge in [-0.1, -0.05) is 24.3 Å². The van der Waals surface area contributed by atoms with Crippen LogP contribution in [-0.4, -0.2) is 16.5 Å². The van der Waals surface area contributed by atoms with E-state index in [1.165, 1.54) is 5.56 Å². The van der Waals surface area contributed by atoms with Gasteiger partial charge in [0.1, 0.15) is 0 Å². The summed E-state index contributed by atoms with van der Waals surface area (Å²) in [7, 11) is 0. The Balaban J connectivity index is 2.51. The number of benzene rings is 1. The van der Waals surface area contributed by atoms with Crippen LogP contribution in [0.3, 0.4) is 0 Å². The number of hydrogen-bond acceptors (Lipinski definition) is 3. The van der Waals surface area contributed by atoms with Crippen molar-refractivity contribution in [2.75, 3.05) is 0 Å². The van der Waals surface area contributed by atoms with Crippen LogP contribution in [0.1, 0.15) is 31.9 Å². The largest absolute Gasteiger partial charge is 0.291 e. The van der Waals surface area contributed by atoms with Gasteiger partial charge < -0.3 is 0 Å². The number of hydrogen-bond donors (Lipinski definition) is 2. The third-order valence-electron chi connectivity index (χ3n) is 2.87. The Morgan fingerprint density at radius 3 is 2.82 bits per heavy atom. The standard InChI is InChI=1S/C14H18N2O/c1-10(16-17)8-13-12-7-5-4-6-11(12)9-14(2,3)15-13/h4-8,16-17H,9H2,1-3H3/b10-8+. The molecule has 1 aromatic carbocycles. The van der Waals surface area contributed by atoms with E-state index in [0.29, 0.717) is 5.70 Å². The maximum Gasteiger partial charge on any atom is 0.0674 e. The Kier molecular flexibility index (Phi) is 3.03. The topological polar surface area (TPSA) is 44.6 Å². The molecule has 0 spiro atoms. The molecule has 0 fully saturated rings. The first kappa shape index (κ1) is 11.9. The molecule has 0 unspecified atom stereocenters. The molecule has 0 radical (unpaired) electrons. The number of hydroxylamine groups is 1. The average molecular weight is 230 g/mol. The van der Waals surface area contributed by atoms with E-state index in [2.05, 4.69) is 37.5 Å². The monoisotopic (exact) mass is 230 g/mol. The summed E-state index contributed by atoms with van der Waals surface area (Å²) in [4.78, 5) is 4.73. The molecule has 17 heavy (non-hydrogen) atoms. The lowest BCUT2D eigenvalue weighted by atomic mass is 9.87. The Morgan fingerprint density at radius 1 is 1.41 bits per heavy atom. The van der Waals surface area contributed by atoms with E-state index in [4.69, 9.17) is 10.2 Å². The van der Waals surface area contributed by atoms with Gasteiger partial charge in [0.15, 0.2) is 0 Å². The van der Waals surface area contributed by atoms with Crippen LogP contribution in [0.5, 0.6) is 0 Å². The summed E-state index contributed by atoms with van der Waals surface area (Å²) >= 11 is 0. The van der Waals surface area contributed by atoms with Crippen molar-refractivity contribution >= 4 is 5.71 Å². The van der Waals surface area contributed by atoms with Gasteiger partial charge in [-0.3, -0.25) is 15.7 Å². The van der Waals surface area contributed by atoms with E-state index in [1.54, 1.807) is 0 Å². The van der Waals surface area contributed by atoms with Crippen molar-refractivity contribution in [1.29, 1.82) is 0 Å². The van der Waals surface area contributed by atoms with Gasteiger partial charge in [-0.2, -0.15) is 0 Å². The zero-order valence-electron chi connectivity index (χ0n) is 10.5. The van der Waals surface area contributed by atoms with Gasteiger partial charge in [0.2, 0.25) is 0 Å². The molecule has 0 atom stereocenters. The number of nitrogens with one attached hydrogen (secondary N) is 1. The van der Waals surface area contributed by atoms with Crippen LogP contribution in [0.25, 0.3) is 0 Å². The summed E-state index contributed by atoms with van der Waals surface area (Å²) in [6, 6.07) is 8.28. The molecule has 0 saturated carbocycles. The smallest absolute Gasteiger partial charge is 0.0674 e. The molecular formula is C14H18N2O. The van der Waals surface area contributed by atoms with Crippen LogP contribution < -0.4 is 5.48 Å². The molecule has 0 saturated heterocycles. The number of rotatable bonds is 2. The van der Waals surface area contributed by atoms with Crippen molar-refractivity contribution in [3.63, 3.8) is 0 Å². The Morgan fingerprint density at radius 2 is 2.12 bits per heavy atom. The Bertz CT molecular complexity index is 487. The van der Waals surface area contributed by atoms with Gasteiger partial charge in [-0.25, -0.2) is 0 Å². The molecule has 1 aliphatic heterocycles. The summed E-state index contributed by atoms with van der Waals surface area (Å²) in [5, 5.41) is 8.87. The quantitative estimate of drug-likeness (QED) is 0.767. The molecule has 1 aliphatic rings. The molecule has 0 aliphatic carbocycles. The molecule has 1 aromatic rings. The highest BCUT2D eigenvalue weighted by Crippen LogP contribution is 2.27. The third-order valence-corrected chi connectivity index (χ3v) is 2.87. The van der Waals surface area contributed by atoms with Gasteiger partial charge in [0, 0.05) is 11.3 Å². The highest BCUT2D eigenvalue weighted by Gasteiger charge is 2.25. The predicted octanol–water partition coefficient (Wildman–Crippen LogP) is 2.69. The minimum Gasteiger partial charge on any atom is -0.291 e. The number of aliphatic imine (C=N–C) groups is 1. The molecule has 3 nitrogen and oxygen atoms in total. The summed E-state index contributed by atoms with van der Waals surface area (Å²) in [6.07, 6.45) is 2.83. The van der Waals surface area contributed by atoms with Crippen LogP contribution in [0.15, 0.2) is 41.0 Å². The number of allylic oxidation sites excluding steroid dienone is 2. The van der Waals surface area contributed by atoms with Crippen LogP contribution in [0.4, 0.5) is 0 Å². The fourth-order valence-electron chi connectivity index (χ4n) is 2.16. The van der Waals surface area contributed by atoms with Crippen LogP contribution >= 0.6 is 0 Å². The lowest BCUT2D eigenvalue weighted by molar-refractivity contribution is 0.201. The minimum atomic E-state index is -0.0874. The van der Waals surface area contributed by atoms with Crippen molar-refractivity contribution in [2.24, 2.45) is 4.99 Å². The second-order valence-electron chi connectivity index (χ2n) is 5.08. The van der Waals surface area contributed by atoms with Crippen molar-refractivity contribution < 1.29 is 5.21 Å². The Hall–Kier alpha value is -1.61. The second kappa shape index (κ2) is 4.34. The average Bonchev–Trinajstić information content (AvgIpc) is 2.27. The molecule has 3 heteroatoms. The summed E-state index contributed by atoms with van der Waals surface area (Å²) in [6.45, 7) is 6.06. The van der Waals surface area contributed by atoms with Crippen molar-refractivity contribution in [1.82, 2.24) is 5.48 Å². The van der Waals surface area contributed by atoms with E-state index in [9.17, 15) is 0 Å². The predicted molar refractivity (Wildman–Crippen MR) is 69.4 cm³/mol. The van der Waals surface area contributed by atoms with Gasteiger partial charge >= 0.3 is 0 Å². The SMILES string of the molecule is C/C(=C\C1=NC(C)(C)Cc2ccccc21)NO. The maximum atomic E-state index is 8.87. The molecule has 1 heterocycles. The number of fused-ring (bicyclic) bond motifs is 1. The molecule has 90 valence electrons. The molecule has 0 amide bonds. The zero-order chi connectivity index (χ0) is 12.5. The normalized spacial score (nSPS) is 18.4. The molecule has 2 rings (SSSR count). The number of nitrogens with zero attached hydrogens (tertiary/aromatic N) is 1. The molecule has 0 aromatic heterocycles. The van der Waals surface area contributed by atoms with Gasteiger partial charge in [0.05, 0.1) is 11.3 Å². The van der Waals surface area contributed by atoms with Crippen LogP contribution in [-0.2, 0) is 6.42 Å². The molecular weight excluding hydrogens is 212 g/mol. The summed E-state index contributed by atoms with van der Waals surface area (Å²) in [5.41, 5.74) is 6.14. The first-order chi connectivity index (χ1) is 8.02. The fourth-order valence-corrected chi connectivity index (χ4v) is 2.16. The van der Waals surface area contributed by atoms with Crippen molar-refractivity contribution in [3.05, 3.63) is 47.2 Å². The molecule has 0 bridgehead atoms. The third kappa shape index (κ3) is 2.56. The summed E-state index contributed by atoms with van der Waals surface area (Å²) in [5.74, 6) is 0. The highest BCUT2D eigenvalue weighted by atomic mass is 16.5. The van der Waals surface area contributed by atoms with E-state index in [-0.39, 0.29) is 5.54 Å². The van der Waals surface area contributed by atoms with Gasteiger partial charge in [-0.15, -0.1) is 0 Å². The van der Waals surface area contributed by atoms with Crippen LogP contribution in [0, 0.1) is 0 Å². The van der Waals surface area contributed by atoms with E-state index >= 15 is 0 Å². The fraction of sp³-hybridized carbons (Fsp3) is 0.357. The minimum absolute atomic E-state index is 0.0874. The molecule has 2 N–H and O–H groups in total. The zero-order valence-corrected chi connectivity index (χ0v) is 10.5. The van der Waals surface area contributed by atoms with Crippen molar-refractivity contribution in [3.8, 4) is 0 Å². The van der Waals surface area contributed by atoms with E-state index < -0.39 is 0 Å². The lowest BCUT2D eigenvalue weighted by Gasteiger charge is -2.28. The van der Waals surface area contributed by atoms with E-state index in [0.717, 1.165) is 17.7 Å². The van der Waals surface area contributed by atoms with Gasteiger partial charge in [-0.05, 0) is 38.8 Å². The van der Waals surface area contributed by atoms with Gasteiger partial charge in [0.25, 0.3) is 0 Å². The first-order valence-electron chi connectivity index (χ1n) is 5.78. The summed E-state index contributed by atoms with van der Waals surface area (Å²) < 4.78 is 0. The first-order valence-corrected chi connectivity index (χ1v) is 5.78. The maximum absolute atomic E-state index is 8.87. The van der Waals surface area contributed by atoms with E-state index in [1.807, 2.05) is 19.1 Å². The lowest BCUT2D eigenvalue weighted by Crippen LogP contribution is -2.28. The Labute approximate surface area is 102 Å². The van der Waals surface area contributed by atoms with Crippen LogP contribution in [0.2, 0.25) is 0 Å². The van der Waals surface area contributed by atoms with Crippen molar-refractivity contribution in [2.45, 2.75) is 32.7 Å².